The van der Waals surface area contributed by atoms with Gasteiger partial charge in [0.1, 0.15) is 11.4 Å². The summed E-state index contributed by atoms with van der Waals surface area (Å²) in [5.74, 6) is -0.217. The topological polar surface area (TPSA) is 121 Å². The van der Waals surface area contributed by atoms with Gasteiger partial charge in [0.2, 0.25) is 0 Å². The van der Waals surface area contributed by atoms with Gasteiger partial charge >= 0.3 is 0 Å². The van der Waals surface area contributed by atoms with Gasteiger partial charge in [0.05, 0.1) is 29.5 Å². The van der Waals surface area contributed by atoms with E-state index in [9.17, 15) is 9.59 Å². The third kappa shape index (κ3) is 5.16. The number of nitrogens with zero attached hydrogens (tertiary/aromatic N) is 6. The highest BCUT2D eigenvalue weighted by atomic mass is 16.5. The molecule has 11 heteroatoms. The average molecular weight is 511 g/mol. The van der Waals surface area contributed by atoms with Crippen LogP contribution < -0.4 is 15.4 Å². The molecule has 2 aromatic carbocycles. The second kappa shape index (κ2) is 10.4. The van der Waals surface area contributed by atoms with Gasteiger partial charge in [-0.1, -0.05) is 42.5 Å². The third-order valence-electron chi connectivity index (χ3n) is 6.08. The maximum Gasteiger partial charge on any atom is 0.276 e. The van der Waals surface area contributed by atoms with Crippen LogP contribution >= 0.6 is 0 Å². The first kappa shape index (κ1) is 24.5. The lowest BCUT2D eigenvalue weighted by atomic mass is 10.1. The maximum atomic E-state index is 12.9. The van der Waals surface area contributed by atoms with E-state index in [1.54, 1.807) is 37.2 Å². The summed E-state index contributed by atoms with van der Waals surface area (Å²) in [7, 11) is 3.41. The summed E-state index contributed by atoms with van der Waals surface area (Å²) in [5, 5.41) is 18.1. The number of carbonyl (C=O) groups is 2. The predicted octanol–water partition coefficient (Wildman–Crippen LogP) is 3.87. The van der Waals surface area contributed by atoms with E-state index in [-0.39, 0.29) is 23.8 Å². The first-order chi connectivity index (χ1) is 18.4. The molecule has 0 spiro atoms. The SMILES string of the molecule is Cc1c(NC(=O)c2c(NC(=O)c3ccn(COc4ccc(-c5ccccc5)cc4)n3)cnn2C)cnn1C. The Hall–Kier alpha value is -5.19. The summed E-state index contributed by atoms with van der Waals surface area (Å²) in [4.78, 5) is 25.8. The molecule has 38 heavy (non-hydrogen) atoms. The van der Waals surface area contributed by atoms with Crippen LogP contribution in [0, 0.1) is 6.92 Å². The van der Waals surface area contributed by atoms with E-state index in [1.165, 1.54) is 15.6 Å². The molecule has 0 aliphatic rings. The number of ether oxygens (including phenoxy) is 1. The lowest BCUT2D eigenvalue weighted by molar-refractivity contribution is 0.101. The fourth-order valence-electron chi connectivity index (χ4n) is 3.86. The van der Waals surface area contributed by atoms with Gasteiger partial charge in [-0.15, -0.1) is 0 Å². The number of benzene rings is 2. The molecule has 0 saturated carbocycles. The second-order valence-corrected chi connectivity index (χ2v) is 8.61. The summed E-state index contributed by atoms with van der Waals surface area (Å²) >= 11 is 0. The van der Waals surface area contributed by atoms with Crippen molar-refractivity contribution in [1.29, 1.82) is 0 Å². The molecule has 0 aliphatic heterocycles. The van der Waals surface area contributed by atoms with Gasteiger partial charge in [-0.2, -0.15) is 15.3 Å². The second-order valence-electron chi connectivity index (χ2n) is 8.61. The van der Waals surface area contributed by atoms with Crippen LogP contribution in [0.1, 0.15) is 26.7 Å². The molecular formula is C27H26N8O3. The van der Waals surface area contributed by atoms with Crippen molar-refractivity contribution in [2.45, 2.75) is 13.7 Å². The Kier molecular flexibility index (Phi) is 6.72. The monoisotopic (exact) mass is 510 g/mol. The molecule has 11 nitrogen and oxygen atoms in total. The third-order valence-corrected chi connectivity index (χ3v) is 6.08. The Bertz CT molecular complexity index is 1580. The Labute approximate surface area is 218 Å². The minimum atomic E-state index is -0.476. The van der Waals surface area contributed by atoms with E-state index in [2.05, 4.69) is 38.1 Å². The molecule has 2 N–H and O–H groups in total. The van der Waals surface area contributed by atoms with Gasteiger partial charge in [-0.25, -0.2) is 4.68 Å². The summed E-state index contributed by atoms with van der Waals surface area (Å²) in [6.45, 7) is 1.97. The van der Waals surface area contributed by atoms with Gasteiger partial charge in [-0.05, 0) is 36.2 Å². The fourth-order valence-corrected chi connectivity index (χ4v) is 3.86. The minimum Gasteiger partial charge on any atom is -0.471 e. The molecule has 192 valence electrons. The number of aryl methyl sites for hydroxylation is 2. The fraction of sp³-hybridized carbons (Fsp3) is 0.148. The van der Waals surface area contributed by atoms with Crippen LogP contribution in [0.25, 0.3) is 11.1 Å². The van der Waals surface area contributed by atoms with E-state index >= 15 is 0 Å². The van der Waals surface area contributed by atoms with E-state index in [4.69, 9.17) is 4.74 Å². The highest BCUT2D eigenvalue weighted by molar-refractivity contribution is 6.11. The molecule has 0 unspecified atom stereocenters. The standard InChI is InChI=1S/C27H26N8O3/c1-18-23(15-28-33(18)2)30-27(37)25-24(16-29-34(25)3)31-26(36)22-13-14-35(32-22)17-38-21-11-9-20(10-12-21)19-7-5-4-6-8-19/h4-16H,17H2,1-3H3,(H,30,37)(H,31,36). The van der Waals surface area contributed by atoms with Crippen LogP contribution in [0.3, 0.4) is 0 Å². The van der Waals surface area contributed by atoms with E-state index in [0.717, 1.165) is 16.8 Å². The molecule has 3 aromatic heterocycles. The van der Waals surface area contributed by atoms with Crippen molar-refractivity contribution in [2.24, 2.45) is 14.1 Å². The molecule has 2 amide bonds. The van der Waals surface area contributed by atoms with E-state index in [1.807, 2.05) is 49.4 Å². The summed E-state index contributed by atoms with van der Waals surface area (Å²) < 4.78 is 10.4. The molecule has 0 saturated heterocycles. The summed E-state index contributed by atoms with van der Waals surface area (Å²) in [6, 6.07) is 19.4. The van der Waals surface area contributed by atoms with Crippen LogP contribution in [-0.2, 0) is 20.8 Å². The zero-order valence-electron chi connectivity index (χ0n) is 21.1. The lowest BCUT2D eigenvalue weighted by Gasteiger charge is -2.08. The number of nitrogens with one attached hydrogen (secondary N) is 2. The lowest BCUT2D eigenvalue weighted by Crippen LogP contribution is -2.21. The normalized spacial score (nSPS) is 10.8. The summed E-state index contributed by atoms with van der Waals surface area (Å²) in [5.41, 5.74) is 4.23. The van der Waals surface area contributed by atoms with E-state index < -0.39 is 11.8 Å². The Morgan fingerprint density at radius 2 is 1.47 bits per heavy atom. The van der Waals surface area contributed by atoms with Gasteiger partial charge in [0.15, 0.2) is 12.4 Å². The van der Waals surface area contributed by atoms with Crippen molar-refractivity contribution < 1.29 is 14.3 Å². The Morgan fingerprint density at radius 1 is 0.816 bits per heavy atom. The first-order valence-corrected chi connectivity index (χ1v) is 11.8. The van der Waals surface area contributed by atoms with Crippen molar-refractivity contribution >= 4 is 23.2 Å². The largest absolute Gasteiger partial charge is 0.471 e. The van der Waals surface area contributed by atoms with Gasteiger partial charge in [0, 0.05) is 20.3 Å². The van der Waals surface area contributed by atoms with Crippen molar-refractivity contribution in [1.82, 2.24) is 29.3 Å². The molecule has 0 aliphatic carbocycles. The number of amides is 2. The average Bonchev–Trinajstić information content (AvgIpc) is 3.64. The van der Waals surface area contributed by atoms with Crippen molar-refractivity contribution in [2.75, 3.05) is 10.6 Å². The molecule has 0 fully saturated rings. The van der Waals surface area contributed by atoms with Crippen molar-refractivity contribution in [3.8, 4) is 16.9 Å². The number of rotatable bonds is 8. The number of anilines is 2. The molecular weight excluding hydrogens is 484 g/mol. The van der Waals surface area contributed by atoms with Crippen LogP contribution in [0.4, 0.5) is 11.4 Å². The summed E-state index contributed by atoms with van der Waals surface area (Å²) in [6.07, 6.45) is 4.63. The molecule has 0 radical (unpaired) electrons. The number of hydrogen-bond donors (Lipinski definition) is 2. The van der Waals surface area contributed by atoms with Crippen molar-refractivity contribution in [3.05, 3.63) is 96.3 Å². The minimum absolute atomic E-state index is 0.128. The van der Waals surface area contributed by atoms with Crippen LogP contribution in [0.2, 0.25) is 0 Å². The Morgan fingerprint density at radius 3 is 2.18 bits per heavy atom. The first-order valence-electron chi connectivity index (χ1n) is 11.8. The number of aromatic nitrogens is 6. The van der Waals surface area contributed by atoms with Crippen molar-refractivity contribution in [3.63, 3.8) is 0 Å². The highest BCUT2D eigenvalue weighted by Crippen LogP contribution is 2.22. The molecule has 5 aromatic rings. The zero-order valence-corrected chi connectivity index (χ0v) is 21.1. The van der Waals surface area contributed by atoms with Gasteiger partial charge < -0.3 is 15.4 Å². The maximum absolute atomic E-state index is 12.9. The zero-order chi connectivity index (χ0) is 26.6. The highest BCUT2D eigenvalue weighted by Gasteiger charge is 2.21. The van der Waals surface area contributed by atoms with Gasteiger partial charge in [-0.3, -0.25) is 19.0 Å². The predicted molar refractivity (Wildman–Crippen MR) is 142 cm³/mol. The molecule has 3 heterocycles. The van der Waals surface area contributed by atoms with Crippen LogP contribution in [0.15, 0.2) is 79.3 Å². The van der Waals surface area contributed by atoms with Crippen LogP contribution in [0.5, 0.6) is 5.75 Å². The van der Waals surface area contributed by atoms with E-state index in [0.29, 0.717) is 11.4 Å². The number of hydrogen-bond acceptors (Lipinski definition) is 6. The molecule has 0 atom stereocenters. The smallest absolute Gasteiger partial charge is 0.276 e. The number of carbonyl (C=O) groups excluding carboxylic acids is 2. The molecule has 0 bridgehead atoms. The molecule has 5 rings (SSSR count). The quantitative estimate of drug-likeness (QED) is 0.327. The van der Waals surface area contributed by atoms with Crippen LogP contribution in [-0.4, -0.2) is 41.2 Å². The Balaban J connectivity index is 1.21. The van der Waals surface area contributed by atoms with Gasteiger partial charge in [0.25, 0.3) is 11.8 Å².